The average Bonchev–Trinajstić information content (AvgIpc) is 2.85. The second-order valence-electron chi connectivity index (χ2n) is 8.03. The number of carboxylic acid groups (broad SMARTS) is 1. The summed E-state index contributed by atoms with van der Waals surface area (Å²) < 4.78 is 27.6. The minimum atomic E-state index is -1.22. The molecule has 146 valence electrons. The number of hydrogen-bond acceptors (Lipinski definition) is 3. The SMILES string of the molecule is Cc1ccc(C(=C(F)B2OC(C)(C)C(C)(C)O2)c2ccccc2C(=O)O)cc1. The van der Waals surface area contributed by atoms with Crippen molar-refractivity contribution in [2.75, 3.05) is 0 Å². The molecule has 1 aliphatic rings. The lowest BCUT2D eigenvalue weighted by Gasteiger charge is -2.32. The normalized spacial score (nSPS) is 18.7. The molecule has 3 rings (SSSR count). The van der Waals surface area contributed by atoms with E-state index in [1.54, 1.807) is 30.3 Å². The number of carbonyl (C=O) groups is 1. The van der Waals surface area contributed by atoms with E-state index in [-0.39, 0.29) is 16.7 Å². The van der Waals surface area contributed by atoms with Crippen LogP contribution in [0.25, 0.3) is 5.57 Å². The molecule has 4 nitrogen and oxygen atoms in total. The summed E-state index contributed by atoms with van der Waals surface area (Å²) in [6.45, 7) is 9.31. The minimum Gasteiger partial charge on any atom is -0.478 e. The first-order valence-corrected chi connectivity index (χ1v) is 9.18. The Morgan fingerprint density at radius 1 is 0.929 bits per heavy atom. The van der Waals surface area contributed by atoms with Crippen LogP contribution < -0.4 is 0 Å². The molecule has 2 aromatic rings. The number of rotatable bonds is 4. The highest BCUT2D eigenvalue weighted by molar-refractivity contribution is 6.55. The maximum atomic E-state index is 15.8. The van der Waals surface area contributed by atoms with Crippen molar-refractivity contribution in [3.8, 4) is 0 Å². The summed E-state index contributed by atoms with van der Waals surface area (Å²) in [6.07, 6.45) is 0. The molecule has 1 heterocycles. The molecule has 0 unspecified atom stereocenters. The van der Waals surface area contributed by atoms with Crippen LogP contribution in [0.2, 0.25) is 0 Å². The third kappa shape index (κ3) is 3.62. The van der Waals surface area contributed by atoms with E-state index in [0.29, 0.717) is 5.56 Å². The topological polar surface area (TPSA) is 55.8 Å². The van der Waals surface area contributed by atoms with Crippen molar-refractivity contribution in [1.82, 2.24) is 0 Å². The number of benzene rings is 2. The molecule has 1 aliphatic heterocycles. The van der Waals surface area contributed by atoms with Gasteiger partial charge in [-0.25, -0.2) is 9.18 Å². The molecule has 0 amide bonds. The molecule has 28 heavy (non-hydrogen) atoms. The van der Waals surface area contributed by atoms with Gasteiger partial charge in [-0.05, 0) is 51.8 Å². The molecule has 0 saturated carbocycles. The van der Waals surface area contributed by atoms with Gasteiger partial charge in [-0.2, -0.15) is 0 Å². The minimum absolute atomic E-state index is 0.0183. The fourth-order valence-corrected chi connectivity index (χ4v) is 3.09. The Kier molecular flexibility index (Phi) is 5.21. The smallest absolute Gasteiger partial charge is 0.478 e. The van der Waals surface area contributed by atoms with Gasteiger partial charge in [-0.3, -0.25) is 0 Å². The van der Waals surface area contributed by atoms with Crippen LogP contribution in [0, 0.1) is 6.92 Å². The van der Waals surface area contributed by atoms with E-state index in [2.05, 4.69) is 0 Å². The highest BCUT2D eigenvalue weighted by Gasteiger charge is 2.53. The molecule has 0 spiro atoms. The molecule has 0 radical (unpaired) electrons. The predicted octanol–water partition coefficient (Wildman–Crippen LogP) is 5.05. The van der Waals surface area contributed by atoms with Crippen LogP contribution in [-0.4, -0.2) is 29.4 Å². The molecule has 1 saturated heterocycles. The van der Waals surface area contributed by atoms with Crippen LogP contribution in [0.5, 0.6) is 0 Å². The van der Waals surface area contributed by atoms with Crippen molar-refractivity contribution in [2.45, 2.75) is 45.8 Å². The van der Waals surface area contributed by atoms with Gasteiger partial charge in [0.15, 0.2) is 0 Å². The van der Waals surface area contributed by atoms with E-state index in [1.807, 2.05) is 46.8 Å². The molecule has 2 aromatic carbocycles. The van der Waals surface area contributed by atoms with E-state index in [0.717, 1.165) is 5.56 Å². The zero-order valence-electron chi connectivity index (χ0n) is 16.7. The van der Waals surface area contributed by atoms with Crippen LogP contribution in [-0.2, 0) is 9.31 Å². The largest absolute Gasteiger partial charge is 0.525 e. The number of carboxylic acids is 1. The third-order valence-corrected chi connectivity index (χ3v) is 5.47. The van der Waals surface area contributed by atoms with E-state index in [4.69, 9.17) is 9.31 Å². The lowest BCUT2D eigenvalue weighted by atomic mass is 9.79. The molecule has 6 heteroatoms. The van der Waals surface area contributed by atoms with Crippen LogP contribution in [0.4, 0.5) is 4.39 Å². The lowest BCUT2D eigenvalue weighted by molar-refractivity contribution is 0.00578. The number of aromatic carboxylic acids is 1. The summed E-state index contributed by atoms with van der Waals surface area (Å²) in [6, 6.07) is 13.6. The molecule has 1 N–H and O–H groups in total. The highest BCUT2D eigenvalue weighted by Crippen LogP contribution is 2.41. The molecule has 1 fully saturated rings. The first kappa shape index (κ1) is 20.3. The van der Waals surface area contributed by atoms with E-state index >= 15 is 4.39 Å². The quantitative estimate of drug-likeness (QED) is 0.752. The van der Waals surface area contributed by atoms with Crippen molar-refractivity contribution in [3.05, 3.63) is 76.5 Å². The second kappa shape index (κ2) is 7.19. The van der Waals surface area contributed by atoms with Gasteiger partial charge in [0.2, 0.25) is 0 Å². The Bertz CT molecular complexity index is 916. The van der Waals surface area contributed by atoms with Gasteiger partial charge in [-0.15, -0.1) is 0 Å². The van der Waals surface area contributed by atoms with Gasteiger partial charge in [-0.1, -0.05) is 48.0 Å². The van der Waals surface area contributed by atoms with E-state index < -0.39 is 30.0 Å². The van der Waals surface area contributed by atoms with Crippen LogP contribution in [0.3, 0.4) is 0 Å². The van der Waals surface area contributed by atoms with E-state index in [1.165, 1.54) is 6.07 Å². The summed E-state index contributed by atoms with van der Waals surface area (Å²) in [5.74, 6) is -1.12. The Balaban J connectivity index is 2.22. The van der Waals surface area contributed by atoms with E-state index in [9.17, 15) is 9.90 Å². The van der Waals surface area contributed by atoms with Gasteiger partial charge in [0.25, 0.3) is 0 Å². The van der Waals surface area contributed by atoms with Crippen molar-refractivity contribution >= 4 is 18.7 Å². The number of halogens is 1. The van der Waals surface area contributed by atoms with Crippen molar-refractivity contribution < 1.29 is 23.6 Å². The molecular weight excluding hydrogens is 358 g/mol. The zero-order valence-corrected chi connectivity index (χ0v) is 16.7. The summed E-state index contributed by atoms with van der Waals surface area (Å²) in [4.78, 5) is 11.8. The maximum Gasteiger partial charge on any atom is 0.525 e. The van der Waals surface area contributed by atoms with Gasteiger partial charge in [0.05, 0.1) is 16.8 Å². The third-order valence-electron chi connectivity index (χ3n) is 5.47. The molecule has 0 aromatic heterocycles. The summed E-state index contributed by atoms with van der Waals surface area (Å²) >= 11 is 0. The summed E-state index contributed by atoms with van der Waals surface area (Å²) in [5, 5.41) is 9.61. The van der Waals surface area contributed by atoms with Crippen molar-refractivity contribution in [1.29, 1.82) is 0 Å². The predicted molar refractivity (Wildman–Crippen MR) is 108 cm³/mol. The Labute approximate surface area is 165 Å². The van der Waals surface area contributed by atoms with Gasteiger partial charge >= 0.3 is 13.1 Å². The average molecular weight is 382 g/mol. The first-order valence-electron chi connectivity index (χ1n) is 9.18. The maximum absolute atomic E-state index is 15.8. The van der Waals surface area contributed by atoms with Gasteiger partial charge < -0.3 is 14.4 Å². The number of hydrogen-bond donors (Lipinski definition) is 1. The number of aryl methyl sites for hydroxylation is 1. The van der Waals surface area contributed by atoms with Crippen LogP contribution in [0.15, 0.2) is 54.3 Å². The monoisotopic (exact) mass is 382 g/mol. The Morgan fingerprint density at radius 3 is 1.93 bits per heavy atom. The molecular formula is C22H24BFO4. The van der Waals surface area contributed by atoms with Crippen molar-refractivity contribution in [2.24, 2.45) is 0 Å². The standard InChI is InChI=1S/C22H24BFO4/c1-14-10-12-15(13-11-14)18(16-8-6-7-9-17(16)20(25)26)19(24)23-27-21(2,3)22(4,5)28-23/h6-13H,1-5H3,(H,25,26). The highest BCUT2D eigenvalue weighted by atomic mass is 19.1. The fraction of sp³-hybridized carbons (Fsp3) is 0.318. The fourth-order valence-electron chi connectivity index (χ4n) is 3.09. The summed E-state index contributed by atoms with van der Waals surface area (Å²) in [5.41, 5.74) is -0.0138. The van der Waals surface area contributed by atoms with Crippen LogP contribution >= 0.6 is 0 Å². The Morgan fingerprint density at radius 2 is 1.43 bits per heavy atom. The zero-order chi connectivity index (χ0) is 20.7. The summed E-state index contributed by atoms with van der Waals surface area (Å²) in [7, 11) is -1.22. The molecule has 0 aliphatic carbocycles. The molecule has 0 atom stereocenters. The van der Waals surface area contributed by atoms with Gasteiger partial charge in [0, 0.05) is 5.57 Å². The second-order valence-corrected chi connectivity index (χ2v) is 8.03. The van der Waals surface area contributed by atoms with Crippen LogP contribution in [0.1, 0.15) is 54.7 Å². The lowest BCUT2D eigenvalue weighted by Crippen LogP contribution is -2.41. The molecule has 0 bridgehead atoms. The first-order chi connectivity index (χ1) is 13.0. The Hall–Kier alpha value is -2.44. The van der Waals surface area contributed by atoms with Crippen molar-refractivity contribution in [3.63, 3.8) is 0 Å². The van der Waals surface area contributed by atoms with Gasteiger partial charge in [0.1, 0.15) is 5.73 Å².